The lowest BCUT2D eigenvalue weighted by atomic mass is 10.0. The first-order valence-corrected chi connectivity index (χ1v) is 8.33. The second-order valence-electron chi connectivity index (χ2n) is 6.07. The number of carbonyl (C=O) groups is 1. The van der Waals surface area contributed by atoms with Gasteiger partial charge in [-0.25, -0.2) is 4.98 Å². The van der Waals surface area contributed by atoms with Crippen LogP contribution in [-0.4, -0.2) is 15.9 Å². The maximum atomic E-state index is 12.9. The Hall–Kier alpha value is -3.47. The van der Waals surface area contributed by atoms with Gasteiger partial charge in [0.2, 0.25) is 0 Å². The topological polar surface area (TPSA) is 68.0 Å². The molecule has 0 saturated heterocycles. The van der Waals surface area contributed by atoms with Gasteiger partial charge in [-0.3, -0.25) is 9.78 Å². The Balaban J connectivity index is 1.77. The third-order valence-corrected chi connectivity index (χ3v) is 4.19. The van der Waals surface area contributed by atoms with E-state index in [9.17, 15) is 4.79 Å². The van der Waals surface area contributed by atoms with E-state index in [0.29, 0.717) is 17.9 Å². The Kier molecular flexibility index (Phi) is 4.19. The first kappa shape index (κ1) is 16.0. The average molecular weight is 343 g/mol. The molecular weight excluding hydrogens is 326 g/mol. The number of aromatic nitrogens is 2. The number of pyridine rings is 2. The molecule has 3 heterocycles. The number of carbonyl (C=O) groups excluding carboxylic acids is 1. The molecule has 0 radical (unpaired) electrons. The van der Waals surface area contributed by atoms with Crippen molar-refractivity contribution in [3.05, 3.63) is 84.1 Å². The number of nitrogens with zero attached hydrogens (tertiary/aromatic N) is 2. The third-order valence-electron chi connectivity index (χ3n) is 4.19. The minimum Gasteiger partial charge on any atom is -0.467 e. The van der Waals surface area contributed by atoms with E-state index < -0.39 is 0 Å². The fraction of sp³-hybridized carbons (Fsp3) is 0.0952. The molecule has 5 nitrogen and oxygen atoms in total. The van der Waals surface area contributed by atoms with Crippen molar-refractivity contribution < 1.29 is 9.21 Å². The van der Waals surface area contributed by atoms with Crippen molar-refractivity contribution in [2.24, 2.45) is 0 Å². The molecule has 4 rings (SSSR count). The van der Waals surface area contributed by atoms with Crippen LogP contribution in [0.2, 0.25) is 0 Å². The minimum atomic E-state index is -0.158. The normalized spacial score (nSPS) is 10.8. The summed E-state index contributed by atoms with van der Waals surface area (Å²) in [6.07, 6.45) is 5.02. The minimum absolute atomic E-state index is 0.158. The van der Waals surface area contributed by atoms with Gasteiger partial charge in [0.25, 0.3) is 5.91 Å². The molecule has 1 amide bonds. The Bertz CT molecular complexity index is 1060. The van der Waals surface area contributed by atoms with Crippen LogP contribution in [0.4, 0.5) is 0 Å². The first-order chi connectivity index (χ1) is 12.7. The molecule has 26 heavy (non-hydrogen) atoms. The standard InChI is InChI=1S/C21H17N3O2/c1-14-4-5-19-17(11-14)18(21(25)23-13-16-3-2-10-26-16)12-20(24-19)15-6-8-22-9-7-15/h2-12H,13H2,1H3,(H,23,25). The van der Waals surface area contributed by atoms with Gasteiger partial charge < -0.3 is 9.73 Å². The zero-order valence-corrected chi connectivity index (χ0v) is 14.3. The zero-order valence-electron chi connectivity index (χ0n) is 14.3. The van der Waals surface area contributed by atoms with E-state index in [1.807, 2.05) is 49.4 Å². The molecule has 0 fully saturated rings. The van der Waals surface area contributed by atoms with E-state index >= 15 is 0 Å². The van der Waals surface area contributed by atoms with Gasteiger partial charge in [0.1, 0.15) is 5.76 Å². The quantitative estimate of drug-likeness (QED) is 0.605. The summed E-state index contributed by atoms with van der Waals surface area (Å²) in [5.41, 5.74) is 4.12. The van der Waals surface area contributed by atoms with Gasteiger partial charge in [-0.2, -0.15) is 0 Å². The maximum absolute atomic E-state index is 12.9. The lowest BCUT2D eigenvalue weighted by Crippen LogP contribution is -2.23. The van der Waals surface area contributed by atoms with Gasteiger partial charge in [0.05, 0.1) is 29.6 Å². The van der Waals surface area contributed by atoms with Crippen LogP contribution in [0, 0.1) is 6.92 Å². The molecule has 1 N–H and O–H groups in total. The Labute approximate surface area is 150 Å². The van der Waals surface area contributed by atoms with Crippen LogP contribution >= 0.6 is 0 Å². The summed E-state index contributed by atoms with van der Waals surface area (Å²) < 4.78 is 5.29. The number of hydrogen-bond acceptors (Lipinski definition) is 4. The van der Waals surface area contributed by atoms with Crippen molar-refractivity contribution in [1.29, 1.82) is 0 Å². The van der Waals surface area contributed by atoms with Gasteiger partial charge in [0.15, 0.2) is 0 Å². The number of amides is 1. The van der Waals surface area contributed by atoms with Crippen molar-refractivity contribution in [3.8, 4) is 11.3 Å². The van der Waals surface area contributed by atoms with Crippen LogP contribution in [-0.2, 0) is 6.54 Å². The number of furan rings is 1. The highest BCUT2D eigenvalue weighted by Gasteiger charge is 2.14. The van der Waals surface area contributed by atoms with E-state index in [-0.39, 0.29) is 5.91 Å². The Morgan fingerprint density at radius 2 is 1.96 bits per heavy atom. The summed E-state index contributed by atoms with van der Waals surface area (Å²) >= 11 is 0. The Morgan fingerprint density at radius 1 is 1.12 bits per heavy atom. The monoisotopic (exact) mass is 343 g/mol. The lowest BCUT2D eigenvalue weighted by molar-refractivity contribution is 0.0949. The number of hydrogen-bond donors (Lipinski definition) is 1. The van der Waals surface area contributed by atoms with Crippen molar-refractivity contribution in [2.75, 3.05) is 0 Å². The first-order valence-electron chi connectivity index (χ1n) is 8.33. The fourth-order valence-electron chi connectivity index (χ4n) is 2.87. The van der Waals surface area contributed by atoms with Gasteiger partial charge in [0, 0.05) is 23.3 Å². The SMILES string of the molecule is Cc1ccc2nc(-c3ccncc3)cc(C(=O)NCc3ccco3)c2c1. The van der Waals surface area contributed by atoms with E-state index in [0.717, 1.165) is 27.7 Å². The highest BCUT2D eigenvalue weighted by atomic mass is 16.3. The lowest BCUT2D eigenvalue weighted by Gasteiger charge is -2.11. The molecule has 0 atom stereocenters. The summed E-state index contributed by atoms with van der Waals surface area (Å²) in [6, 6.07) is 15.1. The predicted octanol–water partition coefficient (Wildman–Crippen LogP) is 4.13. The molecule has 0 aliphatic carbocycles. The van der Waals surface area contributed by atoms with Crippen molar-refractivity contribution in [3.63, 3.8) is 0 Å². The highest BCUT2D eigenvalue weighted by molar-refractivity contribution is 6.07. The molecule has 0 saturated carbocycles. The average Bonchev–Trinajstić information content (AvgIpc) is 3.19. The summed E-state index contributed by atoms with van der Waals surface area (Å²) in [4.78, 5) is 21.6. The molecule has 0 aliphatic heterocycles. The number of fused-ring (bicyclic) bond motifs is 1. The number of rotatable bonds is 4. The number of nitrogens with one attached hydrogen (secondary N) is 1. The second-order valence-corrected chi connectivity index (χ2v) is 6.07. The molecule has 1 aromatic carbocycles. The number of benzene rings is 1. The molecule has 128 valence electrons. The second kappa shape index (κ2) is 6.80. The molecule has 0 unspecified atom stereocenters. The predicted molar refractivity (Wildman–Crippen MR) is 99.6 cm³/mol. The van der Waals surface area contributed by atoms with Crippen molar-refractivity contribution in [2.45, 2.75) is 13.5 Å². The van der Waals surface area contributed by atoms with Gasteiger partial charge in [-0.05, 0) is 49.4 Å². The third kappa shape index (κ3) is 3.19. The molecule has 4 aromatic rings. The van der Waals surface area contributed by atoms with Crippen LogP contribution < -0.4 is 5.32 Å². The van der Waals surface area contributed by atoms with E-state index in [1.165, 1.54) is 0 Å². The molecule has 3 aromatic heterocycles. The summed E-state index contributed by atoms with van der Waals surface area (Å²) in [5.74, 6) is 0.553. The summed E-state index contributed by atoms with van der Waals surface area (Å²) in [7, 11) is 0. The molecule has 0 spiro atoms. The van der Waals surface area contributed by atoms with Crippen LogP contribution in [0.25, 0.3) is 22.2 Å². The highest BCUT2D eigenvalue weighted by Crippen LogP contribution is 2.25. The zero-order chi connectivity index (χ0) is 17.9. The summed E-state index contributed by atoms with van der Waals surface area (Å²) in [6.45, 7) is 2.34. The maximum Gasteiger partial charge on any atom is 0.252 e. The van der Waals surface area contributed by atoms with Crippen LogP contribution in [0.15, 0.2) is 71.6 Å². The van der Waals surface area contributed by atoms with Gasteiger partial charge in [-0.1, -0.05) is 11.6 Å². The van der Waals surface area contributed by atoms with Crippen LogP contribution in [0.5, 0.6) is 0 Å². The smallest absolute Gasteiger partial charge is 0.252 e. The molecular formula is C21H17N3O2. The number of aryl methyl sites for hydroxylation is 1. The van der Waals surface area contributed by atoms with Gasteiger partial charge in [-0.15, -0.1) is 0 Å². The van der Waals surface area contributed by atoms with Crippen molar-refractivity contribution in [1.82, 2.24) is 15.3 Å². The molecule has 0 bridgehead atoms. The van der Waals surface area contributed by atoms with Crippen LogP contribution in [0.3, 0.4) is 0 Å². The van der Waals surface area contributed by atoms with E-state index in [1.54, 1.807) is 24.7 Å². The Morgan fingerprint density at radius 3 is 2.73 bits per heavy atom. The van der Waals surface area contributed by atoms with E-state index in [2.05, 4.69) is 10.3 Å². The van der Waals surface area contributed by atoms with Crippen LogP contribution in [0.1, 0.15) is 21.7 Å². The van der Waals surface area contributed by atoms with E-state index in [4.69, 9.17) is 9.40 Å². The van der Waals surface area contributed by atoms with Crippen molar-refractivity contribution >= 4 is 16.8 Å². The molecule has 5 heteroatoms. The summed E-state index contributed by atoms with van der Waals surface area (Å²) in [5, 5.41) is 3.75. The molecule has 0 aliphatic rings. The fourth-order valence-corrected chi connectivity index (χ4v) is 2.87. The van der Waals surface area contributed by atoms with Gasteiger partial charge >= 0.3 is 0 Å². The largest absolute Gasteiger partial charge is 0.467 e.